The lowest BCUT2D eigenvalue weighted by Crippen LogP contribution is -2.01. The van der Waals surface area contributed by atoms with Crippen LogP contribution in [0.2, 0.25) is 5.02 Å². The van der Waals surface area contributed by atoms with Crippen molar-refractivity contribution in [2.75, 3.05) is 5.73 Å². The highest BCUT2D eigenvalue weighted by Gasteiger charge is 2.21. The first-order valence-electron chi connectivity index (χ1n) is 5.96. The summed E-state index contributed by atoms with van der Waals surface area (Å²) in [6, 6.07) is 7.42. The summed E-state index contributed by atoms with van der Waals surface area (Å²) in [6.45, 7) is 0. The van der Waals surface area contributed by atoms with Crippen molar-refractivity contribution >= 4 is 17.4 Å². The molecule has 7 heteroatoms. The Balaban J connectivity index is 2.24. The van der Waals surface area contributed by atoms with E-state index in [-0.39, 0.29) is 27.7 Å². The van der Waals surface area contributed by atoms with E-state index in [0.29, 0.717) is 11.1 Å². The molecule has 21 heavy (non-hydrogen) atoms. The Kier molecular flexibility index (Phi) is 3.23. The Morgan fingerprint density at radius 3 is 2.81 bits per heavy atom. The van der Waals surface area contributed by atoms with Crippen LogP contribution in [0.4, 0.5) is 10.2 Å². The van der Waals surface area contributed by atoms with Gasteiger partial charge in [0.2, 0.25) is 5.56 Å². The van der Waals surface area contributed by atoms with E-state index in [1.165, 1.54) is 30.5 Å². The van der Waals surface area contributed by atoms with Crippen molar-refractivity contribution in [1.29, 1.82) is 0 Å². The number of benzene rings is 1. The smallest absolute Gasteiger partial charge is 0.247 e. The number of hydrogen-bond donors (Lipinski definition) is 2. The summed E-state index contributed by atoms with van der Waals surface area (Å²) in [5.41, 5.74) is 6.51. The summed E-state index contributed by atoms with van der Waals surface area (Å²) >= 11 is 5.79. The van der Waals surface area contributed by atoms with Gasteiger partial charge in [-0.15, -0.1) is 0 Å². The Bertz CT molecular complexity index is 852. The topological polar surface area (TPSA) is 84.9 Å². The first-order valence-corrected chi connectivity index (χ1v) is 6.34. The fourth-order valence-electron chi connectivity index (χ4n) is 2.01. The Morgan fingerprint density at radius 1 is 1.29 bits per heavy atom. The van der Waals surface area contributed by atoms with E-state index in [4.69, 9.17) is 21.9 Å². The van der Waals surface area contributed by atoms with Crippen LogP contribution in [0.1, 0.15) is 0 Å². The highest BCUT2D eigenvalue weighted by Crippen LogP contribution is 2.38. The third-order valence-electron chi connectivity index (χ3n) is 2.99. The minimum Gasteiger partial charge on any atom is -0.380 e. The van der Waals surface area contributed by atoms with E-state index < -0.39 is 5.82 Å². The van der Waals surface area contributed by atoms with Crippen molar-refractivity contribution in [3.63, 3.8) is 0 Å². The van der Waals surface area contributed by atoms with Crippen molar-refractivity contribution in [2.45, 2.75) is 0 Å². The number of nitrogens with two attached hydrogens (primary N) is 1. The zero-order chi connectivity index (χ0) is 15.0. The fourth-order valence-corrected chi connectivity index (χ4v) is 2.18. The van der Waals surface area contributed by atoms with Gasteiger partial charge in [0.1, 0.15) is 5.82 Å². The van der Waals surface area contributed by atoms with Crippen LogP contribution in [0.3, 0.4) is 0 Å². The number of anilines is 1. The number of hydrogen-bond acceptors (Lipinski definition) is 4. The molecule has 106 valence electrons. The monoisotopic (exact) mass is 305 g/mol. The molecule has 2 heterocycles. The van der Waals surface area contributed by atoms with Gasteiger partial charge in [-0.25, -0.2) is 4.39 Å². The third-order valence-corrected chi connectivity index (χ3v) is 3.28. The first-order chi connectivity index (χ1) is 10.1. The fraction of sp³-hybridized carbons (Fsp3) is 0. The van der Waals surface area contributed by atoms with E-state index in [0.717, 1.165) is 0 Å². The maximum absolute atomic E-state index is 14.2. The lowest BCUT2D eigenvalue weighted by atomic mass is 10.0. The number of nitrogen functional groups attached to an aromatic ring is 1. The van der Waals surface area contributed by atoms with E-state index in [2.05, 4.69) is 10.1 Å². The normalized spacial score (nSPS) is 10.8. The zero-order valence-corrected chi connectivity index (χ0v) is 11.3. The van der Waals surface area contributed by atoms with Crippen molar-refractivity contribution in [2.24, 2.45) is 0 Å². The van der Waals surface area contributed by atoms with Crippen LogP contribution in [-0.2, 0) is 0 Å². The van der Waals surface area contributed by atoms with Gasteiger partial charge in [-0.2, -0.15) is 0 Å². The lowest BCUT2D eigenvalue weighted by Gasteiger charge is -2.05. The summed E-state index contributed by atoms with van der Waals surface area (Å²) in [6.07, 6.45) is 1.44. The lowest BCUT2D eigenvalue weighted by molar-refractivity contribution is 0.436. The van der Waals surface area contributed by atoms with Gasteiger partial charge in [0, 0.05) is 23.4 Å². The molecule has 5 nitrogen and oxygen atoms in total. The predicted molar refractivity (Wildman–Crippen MR) is 77.4 cm³/mol. The molecule has 2 aromatic heterocycles. The number of nitrogens with zero attached hydrogens (tertiary/aromatic N) is 1. The average molecular weight is 306 g/mol. The first kappa shape index (κ1) is 13.4. The SMILES string of the molecule is Nc1noc(-c2ccc(=O)[nH]c2)c1-c1cccc(Cl)c1F. The second-order valence-electron chi connectivity index (χ2n) is 4.31. The standard InChI is InChI=1S/C14H9ClFN3O2/c15-9-3-1-2-8(12(9)16)11-13(21-19-14(11)17)7-4-5-10(20)18-6-7/h1-6H,(H2,17,19)(H,18,20). The Labute approximate surface area is 123 Å². The van der Waals surface area contributed by atoms with Crippen molar-refractivity contribution < 1.29 is 8.91 Å². The molecule has 0 radical (unpaired) electrons. The van der Waals surface area contributed by atoms with E-state index in [1.54, 1.807) is 6.07 Å². The van der Waals surface area contributed by atoms with Crippen molar-refractivity contribution in [1.82, 2.24) is 10.1 Å². The quantitative estimate of drug-likeness (QED) is 0.762. The Hall–Kier alpha value is -2.60. The van der Waals surface area contributed by atoms with Crippen LogP contribution in [0, 0.1) is 5.82 Å². The molecule has 3 aromatic rings. The molecule has 0 bridgehead atoms. The van der Waals surface area contributed by atoms with E-state index in [9.17, 15) is 9.18 Å². The number of H-pyrrole nitrogens is 1. The highest BCUT2D eigenvalue weighted by atomic mass is 35.5. The molecular weight excluding hydrogens is 297 g/mol. The summed E-state index contributed by atoms with van der Waals surface area (Å²) in [5.74, 6) is -0.318. The molecule has 0 spiro atoms. The van der Waals surface area contributed by atoms with Crippen molar-refractivity contribution in [3.05, 3.63) is 57.7 Å². The molecular formula is C14H9ClFN3O2. The van der Waals surface area contributed by atoms with Crippen LogP contribution in [0.15, 0.2) is 45.8 Å². The van der Waals surface area contributed by atoms with Gasteiger partial charge in [0.25, 0.3) is 0 Å². The van der Waals surface area contributed by atoms with Gasteiger partial charge in [0.05, 0.1) is 10.6 Å². The number of pyridine rings is 1. The highest BCUT2D eigenvalue weighted by molar-refractivity contribution is 6.31. The molecule has 0 amide bonds. The van der Waals surface area contributed by atoms with E-state index in [1.807, 2.05) is 0 Å². The van der Waals surface area contributed by atoms with Gasteiger partial charge in [0.15, 0.2) is 11.6 Å². The van der Waals surface area contributed by atoms with Gasteiger partial charge in [-0.1, -0.05) is 28.9 Å². The minimum absolute atomic E-state index is 0.0273. The second-order valence-corrected chi connectivity index (χ2v) is 4.72. The number of rotatable bonds is 2. The minimum atomic E-state index is -0.611. The predicted octanol–water partition coefficient (Wildman–Crippen LogP) is 3.07. The van der Waals surface area contributed by atoms with Gasteiger partial charge >= 0.3 is 0 Å². The van der Waals surface area contributed by atoms with Crippen LogP contribution >= 0.6 is 11.6 Å². The third kappa shape index (κ3) is 2.30. The second kappa shape index (κ2) is 5.06. The summed E-state index contributed by atoms with van der Waals surface area (Å²) in [5, 5.41) is 3.64. The molecule has 1 aromatic carbocycles. The number of nitrogens with one attached hydrogen (secondary N) is 1. The summed E-state index contributed by atoms with van der Waals surface area (Å²) in [4.78, 5) is 13.6. The molecule has 0 fully saturated rings. The summed E-state index contributed by atoms with van der Waals surface area (Å²) < 4.78 is 19.4. The van der Waals surface area contributed by atoms with Gasteiger partial charge in [-0.3, -0.25) is 4.79 Å². The van der Waals surface area contributed by atoms with Crippen LogP contribution < -0.4 is 11.3 Å². The van der Waals surface area contributed by atoms with Crippen LogP contribution in [-0.4, -0.2) is 10.1 Å². The van der Waals surface area contributed by atoms with Crippen LogP contribution in [0.25, 0.3) is 22.5 Å². The van der Waals surface area contributed by atoms with Gasteiger partial charge < -0.3 is 15.2 Å². The average Bonchev–Trinajstić information content (AvgIpc) is 2.85. The molecule has 0 unspecified atom stereocenters. The Morgan fingerprint density at radius 2 is 2.10 bits per heavy atom. The largest absolute Gasteiger partial charge is 0.380 e. The number of aromatic nitrogens is 2. The van der Waals surface area contributed by atoms with Gasteiger partial charge in [-0.05, 0) is 12.1 Å². The summed E-state index contributed by atoms with van der Waals surface area (Å²) in [7, 11) is 0. The molecule has 0 aliphatic heterocycles. The molecule has 0 aliphatic carbocycles. The van der Waals surface area contributed by atoms with Crippen molar-refractivity contribution in [3.8, 4) is 22.5 Å². The number of aromatic amines is 1. The molecule has 3 N–H and O–H groups in total. The maximum Gasteiger partial charge on any atom is 0.247 e. The molecule has 0 saturated heterocycles. The van der Waals surface area contributed by atoms with E-state index >= 15 is 0 Å². The zero-order valence-electron chi connectivity index (χ0n) is 10.6. The number of halogens is 2. The maximum atomic E-state index is 14.2. The molecule has 0 saturated carbocycles. The molecule has 3 rings (SSSR count). The molecule has 0 atom stereocenters. The molecule has 0 aliphatic rings. The van der Waals surface area contributed by atoms with Crippen LogP contribution in [0.5, 0.6) is 0 Å².